The quantitative estimate of drug-likeness (QED) is 0.793. The lowest BCUT2D eigenvalue weighted by molar-refractivity contribution is -0.244. The van der Waals surface area contributed by atoms with Crippen molar-refractivity contribution in [1.29, 1.82) is 0 Å². The van der Waals surface area contributed by atoms with Gasteiger partial charge in [-0.25, -0.2) is 0 Å². The van der Waals surface area contributed by atoms with Crippen molar-refractivity contribution in [2.24, 2.45) is 0 Å². The largest absolute Gasteiger partial charge is 0.425 e. The first kappa shape index (κ1) is 11.7. The molecule has 0 aromatic carbocycles. The SMILES string of the molecule is OC(C=C1CCC1)(c1cccs1)C(F)(F)F. The smallest absolute Gasteiger partial charge is 0.372 e. The monoisotopic (exact) mass is 248 g/mol. The Morgan fingerprint density at radius 3 is 2.38 bits per heavy atom. The van der Waals surface area contributed by atoms with Crippen molar-refractivity contribution in [1.82, 2.24) is 0 Å². The van der Waals surface area contributed by atoms with Gasteiger partial charge in [0.1, 0.15) is 0 Å². The van der Waals surface area contributed by atoms with E-state index in [9.17, 15) is 18.3 Å². The average molecular weight is 248 g/mol. The minimum absolute atomic E-state index is 0.0700. The van der Waals surface area contributed by atoms with E-state index >= 15 is 0 Å². The zero-order valence-corrected chi connectivity index (χ0v) is 9.24. The Morgan fingerprint density at radius 1 is 1.31 bits per heavy atom. The van der Waals surface area contributed by atoms with Gasteiger partial charge in [-0.3, -0.25) is 0 Å². The van der Waals surface area contributed by atoms with E-state index in [-0.39, 0.29) is 4.88 Å². The molecule has 1 saturated carbocycles. The number of halogens is 3. The van der Waals surface area contributed by atoms with Crippen molar-refractivity contribution in [3.05, 3.63) is 34.0 Å². The van der Waals surface area contributed by atoms with Crippen molar-refractivity contribution >= 4 is 11.3 Å². The highest BCUT2D eigenvalue weighted by molar-refractivity contribution is 7.10. The van der Waals surface area contributed by atoms with Crippen LogP contribution in [-0.4, -0.2) is 11.3 Å². The van der Waals surface area contributed by atoms with E-state index in [0.717, 1.165) is 23.8 Å². The van der Waals surface area contributed by atoms with E-state index in [4.69, 9.17) is 0 Å². The van der Waals surface area contributed by atoms with E-state index < -0.39 is 11.8 Å². The molecule has 1 nitrogen and oxygen atoms in total. The molecule has 2 rings (SSSR count). The van der Waals surface area contributed by atoms with Crippen LogP contribution in [0.3, 0.4) is 0 Å². The molecule has 1 atom stereocenters. The topological polar surface area (TPSA) is 20.2 Å². The molecule has 88 valence electrons. The van der Waals surface area contributed by atoms with Gasteiger partial charge in [-0.05, 0) is 36.8 Å². The maximum absolute atomic E-state index is 12.9. The van der Waals surface area contributed by atoms with Crippen LogP contribution in [-0.2, 0) is 5.60 Å². The normalized spacial score (nSPS) is 20.1. The van der Waals surface area contributed by atoms with Crippen molar-refractivity contribution in [3.8, 4) is 0 Å². The Balaban J connectivity index is 2.40. The fraction of sp³-hybridized carbons (Fsp3) is 0.455. The Bertz CT molecular complexity index is 388. The van der Waals surface area contributed by atoms with Crippen LogP contribution >= 0.6 is 11.3 Å². The Hall–Kier alpha value is -0.810. The van der Waals surface area contributed by atoms with E-state index in [0.29, 0.717) is 18.4 Å². The van der Waals surface area contributed by atoms with E-state index in [1.165, 1.54) is 17.5 Å². The summed E-state index contributed by atoms with van der Waals surface area (Å²) in [5.74, 6) is 0. The van der Waals surface area contributed by atoms with E-state index in [2.05, 4.69) is 0 Å². The molecule has 1 aromatic rings. The standard InChI is InChI=1S/C11H11F3OS/c12-11(13,14)10(15,7-8-3-1-4-8)9-5-2-6-16-9/h2,5-7,15H,1,3-4H2. The Kier molecular flexibility index (Phi) is 2.84. The maximum Gasteiger partial charge on any atom is 0.425 e. The molecule has 0 radical (unpaired) electrons. The summed E-state index contributed by atoms with van der Waals surface area (Å²) in [6.07, 6.45) is -1.47. The molecule has 16 heavy (non-hydrogen) atoms. The third-order valence-corrected chi connectivity index (χ3v) is 3.73. The number of aliphatic hydroxyl groups is 1. The molecule has 1 aliphatic rings. The highest BCUT2D eigenvalue weighted by atomic mass is 32.1. The molecule has 1 aliphatic carbocycles. The van der Waals surface area contributed by atoms with Crippen LogP contribution in [0.1, 0.15) is 24.1 Å². The van der Waals surface area contributed by atoms with Crippen molar-refractivity contribution < 1.29 is 18.3 Å². The second-order valence-corrected chi connectivity index (χ2v) is 4.85. The summed E-state index contributed by atoms with van der Waals surface area (Å²) in [6, 6.07) is 2.82. The van der Waals surface area contributed by atoms with Gasteiger partial charge < -0.3 is 5.11 Å². The summed E-state index contributed by atoms with van der Waals surface area (Å²) in [7, 11) is 0. The minimum atomic E-state index is -4.67. The van der Waals surface area contributed by atoms with Crippen LogP contribution in [0, 0.1) is 0 Å². The number of allylic oxidation sites excluding steroid dienone is 1. The summed E-state index contributed by atoms with van der Waals surface area (Å²) in [5, 5.41) is 11.4. The zero-order valence-electron chi connectivity index (χ0n) is 8.42. The third-order valence-electron chi connectivity index (χ3n) is 2.74. The maximum atomic E-state index is 12.9. The minimum Gasteiger partial charge on any atom is -0.372 e. The predicted molar refractivity (Wildman–Crippen MR) is 56.2 cm³/mol. The first-order valence-electron chi connectivity index (χ1n) is 4.97. The molecule has 0 bridgehead atoms. The first-order chi connectivity index (χ1) is 7.43. The molecule has 5 heteroatoms. The summed E-state index contributed by atoms with van der Waals surface area (Å²) in [4.78, 5) is -0.0700. The zero-order chi connectivity index (χ0) is 11.8. The molecular formula is C11H11F3OS. The third kappa shape index (κ3) is 1.89. The van der Waals surface area contributed by atoms with Gasteiger partial charge in [-0.15, -0.1) is 11.3 Å². The van der Waals surface area contributed by atoms with Gasteiger partial charge in [-0.1, -0.05) is 11.6 Å². The van der Waals surface area contributed by atoms with Crippen molar-refractivity contribution in [2.45, 2.75) is 31.0 Å². The van der Waals surface area contributed by atoms with E-state index in [1.54, 1.807) is 0 Å². The number of alkyl halides is 3. The molecular weight excluding hydrogens is 237 g/mol. The molecule has 1 heterocycles. The highest BCUT2D eigenvalue weighted by Crippen LogP contribution is 2.44. The van der Waals surface area contributed by atoms with Gasteiger partial charge in [0.05, 0.1) is 0 Å². The highest BCUT2D eigenvalue weighted by Gasteiger charge is 2.54. The Morgan fingerprint density at radius 2 is 2.00 bits per heavy atom. The lowest BCUT2D eigenvalue weighted by Crippen LogP contribution is -2.40. The van der Waals surface area contributed by atoms with E-state index in [1.807, 2.05) is 0 Å². The predicted octanol–water partition coefficient (Wildman–Crippen LogP) is 3.61. The van der Waals surface area contributed by atoms with Gasteiger partial charge in [0.2, 0.25) is 5.60 Å². The van der Waals surface area contributed by atoms with Crippen LogP contribution in [0.4, 0.5) is 13.2 Å². The summed E-state index contributed by atoms with van der Waals surface area (Å²) in [5.41, 5.74) is -2.12. The van der Waals surface area contributed by atoms with Crippen LogP contribution < -0.4 is 0 Å². The second kappa shape index (κ2) is 3.89. The number of rotatable bonds is 2. The summed E-state index contributed by atoms with van der Waals surface area (Å²) < 4.78 is 38.7. The molecule has 1 unspecified atom stereocenters. The van der Waals surface area contributed by atoms with Crippen molar-refractivity contribution in [2.75, 3.05) is 0 Å². The van der Waals surface area contributed by atoms with Crippen LogP contribution in [0.25, 0.3) is 0 Å². The van der Waals surface area contributed by atoms with Gasteiger partial charge in [0, 0.05) is 4.88 Å². The molecule has 0 aliphatic heterocycles. The fourth-order valence-electron chi connectivity index (χ4n) is 1.61. The summed E-state index contributed by atoms with van der Waals surface area (Å²) >= 11 is 0.919. The second-order valence-electron chi connectivity index (χ2n) is 3.90. The van der Waals surface area contributed by atoms with Gasteiger partial charge in [0.15, 0.2) is 0 Å². The lowest BCUT2D eigenvalue weighted by Gasteiger charge is -2.29. The van der Waals surface area contributed by atoms with Gasteiger partial charge in [-0.2, -0.15) is 13.2 Å². The average Bonchev–Trinajstić information content (AvgIpc) is 2.61. The fourth-order valence-corrected chi connectivity index (χ4v) is 2.42. The molecule has 1 aromatic heterocycles. The van der Waals surface area contributed by atoms with Crippen LogP contribution in [0.5, 0.6) is 0 Å². The van der Waals surface area contributed by atoms with Gasteiger partial charge in [0.25, 0.3) is 0 Å². The van der Waals surface area contributed by atoms with Crippen LogP contribution in [0.2, 0.25) is 0 Å². The van der Waals surface area contributed by atoms with Crippen molar-refractivity contribution in [3.63, 3.8) is 0 Å². The molecule has 0 amide bonds. The lowest BCUT2D eigenvalue weighted by atomic mass is 9.86. The molecule has 0 saturated heterocycles. The number of thiophene rings is 1. The van der Waals surface area contributed by atoms with Gasteiger partial charge >= 0.3 is 6.18 Å². The first-order valence-corrected chi connectivity index (χ1v) is 5.85. The summed E-state index contributed by atoms with van der Waals surface area (Å²) in [6.45, 7) is 0. The van der Waals surface area contributed by atoms with Crippen LogP contribution in [0.15, 0.2) is 29.2 Å². The Labute approximate surface area is 95.2 Å². The molecule has 1 N–H and O–H groups in total. The number of hydrogen-bond donors (Lipinski definition) is 1. The molecule has 0 spiro atoms. The molecule has 1 fully saturated rings. The number of hydrogen-bond acceptors (Lipinski definition) is 2.